The lowest BCUT2D eigenvalue weighted by atomic mass is 10.1. The topological polar surface area (TPSA) is 53.1 Å². The van der Waals surface area contributed by atoms with Crippen LogP contribution in [0.5, 0.6) is 5.75 Å². The Bertz CT molecular complexity index is 877. The molecule has 2 aromatic rings. The van der Waals surface area contributed by atoms with Gasteiger partial charge in [-0.1, -0.05) is 37.3 Å². The van der Waals surface area contributed by atoms with Crippen molar-refractivity contribution in [3.63, 3.8) is 0 Å². The SMILES string of the molecule is CCCOc1ccc(N2C(=O)CC(N3CCN(CCc4ccccc4)CC3)C2=O)cc1. The lowest BCUT2D eigenvalue weighted by Gasteiger charge is -2.37. The van der Waals surface area contributed by atoms with Gasteiger partial charge in [0.05, 0.1) is 24.8 Å². The van der Waals surface area contributed by atoms with Crippen molar-refractivity contribution in [3.8, 4) is 5.75 Å². The molecule has 0 bridgehead atoms. The predicted octanol–water partition coefficient (Wildman–Crippen LogP) is 2.97. The van der Waals surface area contributed by atoms with Crippen LogP contribution in [0.15, 0.2) is 54.6 Å². The molecule has 2 amide bonds. The third kappa shape index (κ3) is 5.14. The highest BCUT2D eigenvalue weighted by Gasteiger charge is 2.43. The summed E-state index contributed by atoms with van der Waals surface area (Å²) in [5, 5.41) is 0. The smallest absolute Gasteiger partial charge is 0.251 e. The molecule has 0 N–H and O–H groups in total. The number of benzene rings is 2. The molecule has 6 nitrogen and oxygen atoms in total. The molecule has 2 aliphatic heterocycles. The fourth-order valence-electron chi connectivity index (χ4n) is 4.31. The van der Waals surface area contributed by atoms with Gasteiger partial charge in [-0.15, -0.1) is 0 Å². The lowest BCUT2D eigenvalue weighted by molar-refractivity contribution is -0.123. The van der Waals surface area contributed by atoms with E-state index in [0.717, 1.165) is 51.3 Å². The molecule has 0 aliphatic carbocycles. The van der Waals surface area contributed by atoms with Crippen molar-refractivity contribution >= 4 is 17.5 Å². The Balaban J connectivity index is 1.31. The van der Waals surface area contributed by atoms with E-state index in [1.54, 1.807) is 12.1 Å². The summed E-state index contributed by atoms with van der Waals surface area (Å²) in [6.45, 7) is 7.21. The van der Waals surface area contributed by atoms with Crippen LogP contribution in [0.2, 0.25) is 0 Å². The molecule has 0 saturated carbocycles. The summed E-state index contributed by atoms with van der Waals surface area (Å²) in [5.41, 5.74) is 1.98. The summed E-state index contributed by atoms with van der Waals surface area (Å²) in [6.07, 6.45) is 2.23. The van der Waals surface area contributed by atoms with Crippen LogP contribution in [0.4, 0.5) is 5.69 Å². The average molecular weight is 422 g/mol. The Morgan fingerprint density at radius 3 is 2.32 bits per heavy atom. The van der Waals surface area contributed by atoms with Crippen molar-refractivity contribution in [2.24, 2.45) is 0 Å². The number of rotatable bonds is 8. The van der Waals surface area contributed by atoms with E-state index in [2.05, 4.69) is 41.0 Å². The molecule has 2 aliphatic rings. The van der Waals surface area contributed by atoms with Crippen molar-refractivity contribution in [1.29, 1.82) is 0 Å². The number of amides is 2. The first-order chi connectivity index (χ1) is 15.2. The van der Waals surface area contributed by atoms with Gasteiger partial charge in [0.2, 0.25) is 5.91 Å². The van der Waals surface area contributed by atoms with Gasteiger partial charge in [-0.05, 0) is 42.7 Å². The molecular formula is C25H31N3O3. The monoisotopic (exact) mass is 421 g/mol. The van der Waals surface area contributed by atoms with Gasteiger partial charge < -0.3 is 9.64 Å². The summed E-state index contributed by atoms with van der Waals surface area (Å²) in [6, 6.07) is 17.4. The third-order valence-corrected chi connectivity index (χ3v) is 6.10. The van der Waals surface area contributed by atoms with Crippen LogP contribution in [0.3, 0.4) is 0 Å². The Kier molecular flexibility index (Phi) is 6.99. The first-order valence-corrected chi connectivity index (χ1v) is 11.3. The zero-order chi connectivity index (χ0) is 21.6. The van der Waals surface area contributed by atoms with E-state index in [4.69, 9.17) is 4.74 Å². The molecule has 0 radical (unpaired) electrons. The van der Waals surface area contributed by atoms with Gasteiger partial charge in [0.15, 0.2) is 0 Å². The van der Waals surface area contributed by atoms with Crippen LogP contribution in [0.1, 0.15) is 25.3 Å². The quantitative estimate of drug-likeness (QED) is 0.614. The number of carbonyl (C=O) groups excluding carboxylic acids is 2. The molecule has 0 spiro atoms. The van der Waals surface area contributed by atoms with E-state index in [-0.39, 0.29) is 24.3 Å². The highest BCUT2D eigenvalue weighted by atomic mass is 16.5. The molecule has 1 atom stereocenters. The number of carbonyl (C=O) groups is 2. The second kappa shape index (κ2) is 10.1. The number of imide groups is 1. The van der Waals surface area contributed by atoms with Gasteiger partial charge in [0.1, 0.15) is 5.75 Å². The minimum absolute atomic E-state index is 0.107. The summed E-state index contributed by atoms with van der Waals surface area (Å²) < 4.78 is 5.60. The van der Waals surface area contributed by atoms with Crippen molar-refractivity contribution in [2.45, 2.75) is 32.2 Å². The highest BCUT2D eigenvalue weighted by molar-refractivity contribution is 6.22. The van der Waals surface area contributed by atoms with Crippen molar-refractivity contribution in [1.82, 2.24) is 9.80 Å². The fraction of sp³-hybridized carbons (Fsp3) is 0.440. The second-order valence-electron chi connectivity index (χ2n) is 8.24. The molecule has 31 heavy (non-hydrogen) atoms. The predicted molar refractivity (Wildman–Crippen MR) is 121 cm³/mol. The molecule has 4 rings (SSSR count). The summed E-state index contributed by atoms with van der Waals surface area (Å²) in [4.78, 5) is 31.7. The van der Waals surface area contributed by atoms with Crippen LogP contribution in [0.25, 0.3) is 0 Å². The minimum Gasteiger partial charge on any atom is -0.494 e. The summed E-state index contributed by atoms with van der Waals surface area (Å²) >= 11 is 0. The first-order valence-electron chi connectivity index (χ1n) is 11.3. The van der Waals surface area contributed by atoms with Gasteiger partial charge in [0, 0.05) is 32.7 Å². The van der Waals surface area contributed by atoms with Gasteiger partial charge in [-0.3, -0.25) is 14.5 Å². The number of ether oxygens (including phenoxy) is 1. The maximum atomic E-state index is 13.1. The number of nitrogens with zero attached hydrogens (tertiary/aromatic N) is 3. The van der Waals surface area contributed by atoms with E-state index in [1.165, 1.54) is 10.5 Å². The zero-order valence-electron chi connectivity index (χ0n) is 18.2. The normalized spacial score (nSPS) is 20.4. The summed E-state index contributed by atoms with van der Waals surface area (Å²) in [7, 11) is 0. The van der Waals surface area contributed by atoms with Gasteiger partial charge >= 0.3 is 0 Å². The van der Waals surface area contributed by atoms with E-state index in [1.807, 2.05) is 18.2 Å². The van der Waals surface area contributed by atoms with E-state index < -0.39 is 0 Å². The maximum Gasteiger partial charge on any atom is 0.251 e. The fourth-order valence-corrected chi connectivity index (χ4v) is 4.31. The Morgan fingerprint density at radius 2 is 1.65 bits per heavy atom. The second-order valence-corrected chi connectivity index (χ2v) is 8.24. The van der Waals surface area contributed by atoms with Crippen LogP contribution < -0.4 is 9.64 Å². The zero-order valence-corrected chi connectivity index (χ0v) is 18.2. The molecule has 6 heteroatoms. The van der Waals surface area contributed by atoms with Gasteiger partial charge in [-0.2, -0.15) is 0 Å². The van der Waals surface area contributed by atoms with Crippen LogP contribution >= 0.6 is 0 Å². The maximum absolute atomic E-state index is 13.1. The Labute approximate surface area is 184 Å². The standard InChI is InChI=1S/C25H31N3O3/c1-2-18-31-22-10-8-21(9-11-22)28-24(29)19-23(25(28)30)27-16-14-26(15-17-27)13-12-20-6-4-3-5-7-20/h3-11,23H,2,12-19H2,1H3. The number of piperazine rings is 1. The molecule has 2 aromatic carbocycles. The van der Waals surface area contributed by atoms with Crippen molar-refractivity contribution < 1.29 is 14.3 Å². The van der Waals surface area contributed by atoms with Gasteiger partial charge in [-0.25, -0.2) is 4.90 Å². The lowest BCUT2D eigenvalue weighted by Crippen LogP contribution is -2.52. The molecule has 2 saturated heterocycles. The van der Waals surface area contributed by atoms with Crippen molar-refractivity contribution in [2.75, 3.05) is 44.2 Å². The van der Waals surface area contributed by atoms with Crippen molar-refractivity contribution in [3.05, 3.63) is 60.2 Å². The molecule has 2 fully saturated rings. The molecule has 2 heterocycles. The number of anilines is 1. The first kappa shape index (κ1) is 21.5. The minimum atomic E-state index is -0.347. The van der Waals surface area contributed by atoms with Gasteiger partial charge in [0.25, 0.3) is 5.91 Å². The Morgan fingerprint density at radius 1 is 0.935 bits per heavy atom. The average Bonchev–Trinajstić information content (AvgIpc) is 3.11. The number of hydrogen-bond donors (Lipinski definition) is 0. The van der Waals surface area contributed by atoms with Crippen LogP contribution in [-0.4, -0.2) is 67.0 Å². The number of hydrogen-bond acceptors (Lipinski definition) is 5. The van der Waals surface area contributed by atoms with E-state index >= 15 is 0 Å². The van der Waals surface area contributed by atoms with E-state index in [9.17, 15) is 9.59 Å². The largest absolute Gasteiger partial charge is 0.494 e. The highest BCUT2D eigenvalue weighted by Crippen LogP contribution is 2.28. The molecule has 0 aromatic heterocycles. The summed E-state index contributed by atoms with van der Waals surface area (Å²) in [5.74, 6) is 0.529. The molecule has 164 valence electrons. The van der Waals surface area contributed by atoms with E-state index in [0.29, 0.717) is 12.3 Å². The Hall–Kier alpha value is -2.70. The van der Waals surface area contributed by atoms with Crippen LogP contribution in [-0.2, 0) is 16.0 Å². The molecular weight excluding hydrogens is 390 g/mol. The third-order valence-electron chi connectivity index (χ3n) is 6.10. The van der Waals surface area contributed by atoms with Crippen LogP contribution in [0, 0.1) is 0 Å². The molecule has 1 unspecified atom stereocenters.